The van der Waals surface area contributed by atoms with E-state index in [-0.39, 0.29) is 11.6 Å². The maximum atomic E-state index is 5.90. The maximum Gasteiger partial charge on any atom is 0.124 e. The van der Waals surface area contributed by atoms with Crippen molar-refractivity contribution in [3.05, 3.63) is 28.8 Å². The highest BCUT2D eigenvalue weighted by atomic mass is 16.5. The van der Waals surface area contributed by atoms with Crippen LogP contribution in [0.25, 0.3) is 0 Å². The molecule has 1 N–H and O–H groups in total. The zero-order chi connectivity index (χ0) is 14.6. The molecular weight excluding hydrogens is 238 g/mol. The number of benzene rings is 1. The van der Waals surface area contributed by atoms with Crippen molar-refractivity contribution in [3.63, 3.8) is 0 Å². The molecule has 1 atom stereocenters. The Morgan fingerprint density at radius 3 is 2.32 bits per heavy atom. The van der Waals surface area contributed by atoms with Gasteiger partial charge in [0.25, 0.3) is 0 Å². The number of rotatable bonds is 5. The van der Waals surface area contributed by atoms with Crippen LogP contribution in [0, 0.1) is 13.8 Å². The Labute approximate surface area is 117 Å². The number of hydrogen-bond acceptors (Lipinski definition) is 3. The summed E-state index contributed by atoms with van der Waals surface area (Å²) in [5.41, 5.74) is 3.49. The third-order valence-corrected chi connectivity index (χ3v) is 3.09. The summed E-state index contributed by atoms with van der Waals surface area (Å²) < 4.78 is 11.4. The lowest BCUT2D eigenvalue weighted by Gasteiger charge is -2.26. The molecule has 108 valence electrons. The van der Waals surface area contributed by atoms with Gasteiger partial charge < -0.3 is 14.8 Å². The van der Waals surface area contributed by atoms with Gasteiger partial charge in [-0.25, -0.2) is 0 Å². The van der Waals surface area contributed by atoms with Crippen molar-refractivity contribution in [2.24, 2.45) is 0 Å². The quantitative estimate of drug-likeness (QED) is 0.885. The van der Waals surface area contributed by atoms with E-state index in [0.29, 0.717) is 6.61 Å². The van der Waals surface area contributed by atoms with E-state index in [1.54, 1.807) is 7.11 Å². The average molecular weight is 265 g/mol. The molecule has 19 heavy (non-hydrogen) atoms. The van der Waals surface area contributed by atoms with Gasteiger partial charge in [-0.05, 0) is 58.9 Å². The second-order valence-corrected chi connectivity index (χ2v) is 5.96. The van der Waals surface area contributed by atoms with Gasteiger partial charge in [0, 0.05) is 5.56 Å². The summed E-state index contributed by atoms with van der Waals surface area (Å²) in [7, 11) is 3.67. The van der Waals surface area contributed by atoms with E-state index >= 15 is 0 Å². The van der Waals surface area contributed by atoms with Crippen molar-refractivity contribution >= 4 is 0 Å². The van der Waals surface area contributed by atoms with Crippen LogP contribution < -0.4 is 10.1 Å². The number of nitrogens with one attached hydrogen (secondary N) is 1. The van der Waals surface area contributed by atoms with Crippen LogP contribution in [0.15, 0.2) is 12.1 Å². The molecule has 0 saturated heterocycles. The first-order valence-electron chi connectivity index (χ1n) is 6.75. The van der Waals surface area contributed by atoms with Gasteiger partial charge in [-0.3, -0.25) is 0 Å². The standard InChI is InChI=1S/C16H27NO2/c1-11-8-12(2)15(14(9-11)18-7)13(17-6)10-19-16(3,4)5/h8-9,13,17H,10H2,1-7H3. The van der Waals surface area contributed by atoms with E-state index in [0.717, 1.165) is 5.75 Å². The van der Waals surface area contributed by atoms with E-state index < -0.39 is 0 Å². The van der Waals surface area contributed by atoms with Crippen molar-refractivity contribution in [2.45, 2.75) is 46.3 Å². The third kappa shape index (κ3) is 4.51. The van der Waals surface area contributed by atoms with E-state index in [4.69, 9.17) is 9.47 Å². The average Bonchev–Trinajstić information content (AvgIpc) is 2.29. The summed E-state index contributed by atoms with van der Waals surface area (Å²) in [5, 5.41) is 3.32. The fraction of sp³-hybridized carbons (Fsp3) is 0.625. The smallest absolute Gasteiger partial charge is 0.124 e. The van der Waals surface area contributed by atoms with Crippen LogP contribution >= 0.6 is 0 Å². The first-order valence-corrected chi connectivity index (χ1v) is 6.75. The minimum Gasteiger partial charge on any atom is -0.496 e. The Balaban J connectivity index is 3.04. The second-order valence-electron chi connectivity index (χ2n) is 5.96. The highest BCUT2D eigenvalue weighted by molar-refractivity contribution is 5.45. The van der Waals surface area contributed by atoms with Gasteiger partial charge in [-0.1, -0.05) is 6.07 Å². The molecular formula is C16H27NO2. The molecule has 0 saturated carbocycles. The molecule has 0 aromatic heterocycles. The maximum absolute atomic E-state index is 5.90. The lowest BCUT2D eigenvalue weighted by atomic mass is 9.98. The fourth-order valence-corrected chi connectivity index (χ4v) is 2.20. The van der Waals surface area contributed by atoms with Gasteiger partial charge in [0.15, 0.2) is 0 Å². The fourth-order valence-electron chi connectivity index (χ4n) is 2.20. The van der Waals surface area contributed by atoms with Crippen LogP contribution in [0.3, 0.4) is 0 Å². The Morgan fingerprint density at radius 2 is 1.84 bits per heavy atom. The summed E-state index contributed by atoms with van der Waals surface area (Å²) >= 11 is 0. The van der Waals surface area contributed by atoms with E-state index in [9.17, 15) is 0 Å². The van der Waals surface area contributed by atoms with Crippen molar-refractivity contribution < 1.29 is 9.47 Å². The van der Waals surface area contributed by atoms with Gasteiger partial charge in [-0.2, -0.15) is 0 Å². The Morgan fingerprint density at radius 1 is 1.21 bits per heavy atom. The molecule has 0 fully saturated rings. The van der Waals surface area contributed by atoms with Gasteiger partial charge >= 0.3 is 0 Å². The van der Waals surface area contributed by atoms with Gasteiger partial charge in [0.05, 0.1) is 25.4 Å². The van der Waals surface area contributed by atoms with Crippen LogP contribution in [0.1, 0.15) is 43.5 Å². The monoisotopic (exact) mass is 265 g/mol. The number of likely N-dealkylation sites (N-methyl/N-ethyl adjacent to an activating group) is 1. The first kappa shape index (κ1) is 16.0. The van der Waals surface area contributed by atoms with Crippen molar-refractivity contribution in [3.8, 4) is 5.75 Å². The molecule has 0 radical (unpaired) electrons. The number of ether oxygens (including phenoxy) is 2. The zero-order valence-electron chi connectivity index (χ0n) is 13.3. The lowest BCUT2D eigenvalue weighted by Crippen LogP contribution is -2.29. The summed E-state index contributed by atoms with van der Waals surface area (Å²) in [6, 6.07) is 4.39. The molecule has 1 unspecified atom stereocenters. The van der Waals surface area contributed by atoms with Crippen LogP contribution in [0.2, 0.25) is 0 Å². The molecule has 1 aromatic rings. The SMILES string of the molecule is CNC(COC(C)(C)C)c1c(C)cc(C)cc1OC. The van der Waals surface area contributed by atoms with Crippen molar-refractivity contribution in [2.75, 3.05) is 20.8 Å². The van der Waals surface area contributed by atoms with Crippen LogP contribution in [0.5, 0.6) is 5.75 Å². The van der Waals surface area contributed by atoms with Gasteiger partial charge in [0.2, 0.25) is 0 Å². The second kappa shape index (κ2) is 6.40. The summed E-state index contributed by atoms with van der Waals surface area (Å²) in [5.74, 6) is 0.925. The molecule has 0 aliphatic heterocycles. The summed E-state index contributed by atoms with van der Waals surface area (Å²) in [6.07, 6.45) is 0. The molecule has 0 heterocycles. The van der Waals surface area contributed by atoms with Gasteiger partial charge in [-0.15, -0.1) is 0 Å². The highest BCUT2D eigenvalue weighted by Gasteiger charge is 2.20. The summed E-state index contributed by atoms with van der Waals surface area (Å²) in [4.78, 5) is 0. The molecule has 0 amide bonds. The zero-order valence-corrected chi connectivity index (χ0v) is 13.3. The van der Waals surface area contributed by atoms with Crippen molar-refractivity contribution in [1.82, 2.24) is 5.32 Å². The molecule has 3 heteroatoms. The van der Waals surface area contributed by atoms with Crippen LogP contribution in [0.4, 0.5) is 0 Å². The predicted molar refractivity (Wildman–Crippen MR) is 80.0 cm³/mol. The summed E-state index contributed by atoms with van der Waals surface area (Å²) in [6.45, 7) is 11.0. The molecule has 0 spiro atoms. The number of hydrogen-bond donors (Lipinski definition) is 1. The molecule has 0 bridgehead atoms. The Bertz CT molecular complexity index is 421. The van der Waals surface area contributed by atoms with Crippen molar-refractivity contribution in [1.29, 1.82) is 0 Å². The molecule has 1 aromatic carbocycles. The topological polar surface area (TPSA) is 30.5 Å². The lowest BCUT2D eigenvalue weighted by molar-refractivity contribution is -0.0142. The molecule has 0 aliphatic rings. The van der Waals surface area contributed by atoms with Crippen LogP contribution in [-0.2, 0) is 4.74 Å². The minimum absolute atomic E-state index is 0.134. The van der Waals surface area contributed by atoms with E-state index in [1.807, 2.05) is 7.05 Å². The van der Waals surface area contributed by atoms with E-state index in [2.05, 4.69) is 52.1 Å². The number of aryl methyl sites for hydroxylation is 2. The Hall–Kier alpha value is -1.06. The molecule has 0 aliphatic carbocycles. The molecule has 1 rings (SSSR count). The van der Waals surface area contributed by atoms with E-state index in [1.165, 1.54) is 16.7 Å². The Kier molecular flexibility index (Phi) is 5.39. The van der Waals surface area contributed by atoms with Crippen LogP contribution in [-0.4, -0.2) is 26.4 Å². The normalized spacial score (nSPS) is 13.4. The first-order chi connectivity index (χ1) is 8.78. The van der Waals surface area contributed by atoms with Gasteiger partial charge in [0.1, 0.15) is 5.75 Å². The number of methoxy groups -OCH3 is 1. The third-order valence-electron chi connectivity index (χ3n) is 3.09. The highest BCUT2D eigenvalue weighted by Crippen LogP contribution is 2.30. The minimum atomic E-state index is -0.138. The largest absolute Gasteiger partial charge is 0.496 e. The molecule has 3 nitrogen and oxygen atoms in total. The predicted octanol–water partition coefficient (Wildman–Crippen LogP) is 3.39.